The molecule has 21 atom stereocenters. The van der Waals surface area contributed by atoms with Crippen molar-refractivity contribution in [2.24, 2.45) is 69.0 Å². The van der Waals surface area contributed by atoms with Gasteiger partial charge >= 0.3 is 43.1 Å². The fourth-order valence-electron chi connectivity index (χ4n) is 26.0. The summed E-state index contributed by atoms with van der Waals surface area (Å²) in [6, 6.07) is 26.4. The van der Waals surface area contributed by atoms with Crippen LogP contribution >= 0.6 is 19.2 Å². The maximum absolute atomic E-state index is 13.0. The van der Waals surface area contributed by atoms with E-state index in [0.717, 1.165) is 118 Å². The van der Waals surface area contributed by atoms with E-state index < -0.39 is 19.7 Å². The van der Waals surface area contributed by atoms with Crippen LogP contribution in [0.4, 0.5) is 0 Å². The van der Waals surface area contributed by atoms with Crippen LogP contribution in [-0.2, 0) is 83.4 Å². The Morgan fingerprint density at radius 3 is 1.32 bits per heavy atom. The number of methoxy groups -OCH3 is 7. The zero-order chi connectivity index (χ0) is 92.0. The summed E-state index contributed by atoms with van der Waals surface area (Å²) >= 11 is 4.96. The Hall–Kier alpha value is -3.86. The molecule has 23 nitrogen and oxygen atoms in total. The summed E-state index contributed by atoms with van der Waals surface area (Å²) in [5.41, 5.74) is 11.1. The number of esters is 1. The molecular formula is C102H160ClNNaO22P. The average Bonchev–Trinajstić information content (AvgIpc) is 1.64. The van der Waals surface area contributed by atoms with E-state index in [0.29, 0.717) is 128 Å². The molecule has 0 aromatic heterocycles. The third kappa shape index (κ3) is 25.5. The fraction of sp³-hybridized carbons (Fsp3) is 0.745. The molecule has 0 bridgehead atoms. The minimum Gasteiger partial charge on any atom is -1.00 e. The Labute approximate surface area is 795 Å². The van der Waals surface area contributed by atoms with Gasteiger partial charge in [0.05, 0.1) is 50.3 Å². The van der Waals surface area contributed by atoms with E-state index in [1.54, 1.807) is 76.1 Å². The molecule has 8 saturated carbocycles. The molecule has 0 radical (unpaired) electrons. The maximum atomic E-state index is 13.0. The second kappa shape index (κ2) is 50.8. The number of alkyl halides is 1. The van der Waals surface area contributed by atoms with E-state index in [4.69, 9.17) is 77.5 Å². The molecule has 4 aromatic rings. The first-order valence-electron chi connectivity index (χ1n) is 47.6. The molecule has 12 aliphatic rings. The number of hydrogen-bond acceptors (Lipinski definition) is 23. The average molecular weight is 1840 g/mol. The Balaban J connectivity index is 0.000000194. The number of nitrogens with zero attached hydrogens (tertiary/aromatic N) is 1. The number of aliphatic hydroxyl groups is 2. The van der Waals surface area contributed by atoms with E-state index in [9.17, 15) is 29.5 Å². The van der Waals surface area contributed by atoms with Crippen LogP contribution in [0.15, 0.2) is 72.8 Å². The molecule has 4 aromatic carbocycles. The maximum Gasteiger partial charge on any atom is 1.00 e. The molecule has 1 unspecified atom stereocenters. The number of phenolic OH excluding ortho intramolecular Hbond substituents is 1. The Kier molecular flexibility index (Phi) is 42.8. The predicted octanol–water partition coefficient (Wildman–Crippen LogP) is 18.2. The van der Waals surface area contributed by atoms with Crippen molar-refractivity contribution < 1.29 is 136 Å². The van der Waals surface area contributed by atoms with Crippen LogP contribution in [0.3, 0.4) is 0 Å². The topological polar surface area (TPSA) is 263 Å². The zero-order valence-corrected chi connectivity index (χ0v) is 85.0. The van der Waals surface area contributed by atoms with Gasteiger partial charge in [0, 0.05) is 73.8 Å². The van der Waals surface area contributed by atoms with Crippen molar-refractivity contribution in [3.8, 4) is 23.0 Å². The molecule has 8 fully saturated rings. The predicted molar refractivity (Wildman–Crippen MR) is 495 cm³/mol. The summed E-state index contributed by atoms with van der Waals surface area (Å²) in [5, 5.41) is 31.0. The molecule has 128 heavy (non-hydrogen) atoms. The standard InChI is InChI=1S/C22H32O5.C22H30O5.C22H32O4.C18H24O2.C8H19N.C8H17O5P.C2H5ClO.Na.H/c2*1-22-9-8-16-15-5-4-14(26-12-24-2)10-18(15)20(23)11-17(16)19(22)6-7-21(22)27-13-25-3;1-22-11-10-18-17-7-5-16(25-13-23-2)12-15(17)4-6-19(18)20(22)8-9-21(22)26-14-24-3;1-18-9-8-14-13-5-3-12(19)10-11(13)2-4-15(14)16(18)6-7-17(18)20;1-6-9(7(2)3)8(4)5;1-4-11-8(9)7-14(10,12-5-2)13-6-3;1-4-2-3;;/h4-5,10,16-17,19-21,23H,6-9,11-13H2,1-3H3;4-5,10,16-17,19,21H,6-9,11-13H2,1-3H3;5,7,12,18-21H,4,6,8-11,13-14H2,1-3H3;3,5,10,14-17,19-20H,2,4,6-9H2,1H3;7-8H,6H2,1-5H3;4-7H2,1-3H3;2H2,1H3;;/q;;;;;;;+1;-1/t16-,17-,19+,20?,21+,22+;16-,17-,19+,21+,22+;18-,19-,20+,21+,22+;14-,15-,16+,17+,18+;;;;;/m1111...../s1. The molecule has 26 heteroatoms. The van der Waals surface area contributed by atoms with E-state index in [2.05, 4.69) is 113 Å². The van der Waals surface area contributed by atoms with Crippen molar-refractivity contribution in [2.75, 3.05) is 129 Å². The van der Waals surface area contributed by atoms with Crippen molar-refractivity contribution in [3.63, 3.8) is 0 Å². The van der Waals surface area contributed by atoms with Gasteiger partial charge in [-0.2, -0.15) is 0 Å². The van der Waals surface area contributed by atoms with Crippen LogP contribution in [0.5, 0.6) is 23.0 Å². The Morgan fingerprint density at radius 2 is 0.875 bits per heavy atom. The molecule has 0 heterocycles. The van der Waals surface area contributed by atoms with Crippen molar-refractivity contribution in [1.29, 1.82) is 0 Å². The molecule has 718 valence electrons. The number of Topliss-reactive ketones (excluding diaryl/α,β-unsaturated/α-hetero) is 1. The second-order valence-corrected chi connectivity index (χ2v) is 41.2. The number of fused-ring (bicyclic) bond motifs is 20. The summed E-state index contributed by atoms with van der Waals surface area (Å²) in [7, 11) is 8.21. The molecule has 0 aliphatic heterocycles. The van der Waals surface area contributed by atoms with Gasteiger partial charge in [-0.05, 0) is 370 Å². The molecule has 3 N–H and O–H groups in total. The van der Waals surface area contributed by atoms with Gasteiger partial charge in [0.1, 0.15) is 55.6 Å². The quantitative estimate of drug-likeness (QED) is 0.0150. The van der Waals surface area contributed by atoms with Gasteiger partial charge in [-0.3, -0.25) is 19.1 Å². The van der Waals surface area contributed by atoms with Crippen LogP contribution in [0.1, 0.15) is 292 Å². The Morgan fingerprint density at radius 1 is 0.477 bits per heavy atom. The summed E-state index contributed by atoms with van der Waals surface area (Å²) in [6.07, 6.45) is 24.9. The number of hydrogen-bond donors (Lipinski definition) is 3. The second-order valence-electron chi connectivity index (χ2n) is 38.9. The molecule has 0 spiro atoms. The van der Waals surface area contributed by atoms with Gasteiger partial charge in [-0.25, -0.2) is 0 Å². The number of halogens is 1. The smallest absolute Gasteiger partial charge is 1.00 e. The van der Waals surface area contributed by atoms with Gasteiger partial charge in [-0.15, -0.1) is 0 Å². The summed E-state index contributed by atoms with van der Waals surface area (Å²) in [6.45, 7) is 29.6. The number of carbonyl (C=O) groups is 2. The molecular weight excluding hydrogens is 1680 g/mol. The van der Waals surface area contributed by atoms with E-state index >= 15 is 0 Å². The monoisotopic (exact) mass is 1840 g/mol. The number of aliphatic hydroxyl groups excluding tert-OH is 2. The molecule has 0 saturated heterocycles. The van der Waals surface area contributed by atoms with Crippen molar-refractivity contribution in [1.82, 2.24) is 4.90 Å². The molecule has 0 amide bonds. The van der Waals surface area contributed by atoms with Gasteiger partial charge in [0.25, 0.3) is 0 Å². The van der Waals surface area contributed by atoms with Crippen LogP contribution in [0.25, 0.3) is 0 Å². The van der Waals surface area contributed by atoms with Crippen LogP contribution < -0.4 is 43.8 Å². The van der Waals surface area contributed by atoms with Gasteiger partial charge in [0.15, 0.2) is 26.2 Å². The van der Waals surface area contributed by atoms with E-state index in [-0.39, 0.29) is 111 Å². The summed E-state index contributed by atoms with van der Waals surface area (Å²) < 4.78 is 95.9. The number of aryl methyl sites for hydroxylation is 2. The Bertz CT molecular complexity index is 4090. The number of rotatable bonds is 29. The van der Waals surface area contributed by atoms with Crippen molar-refractivity contribution in [2.45, 2.75) is 291 Å². The van der Waals surface area contributed by atoms with Crippen LogP contribution in [0, 0.1) is 69.0 Å². The van der Waals surface area contributed by atoms with Crippen LogP contribution in [-0.4, -0.2) is 198 Å². The number of carbonyl (C=O) groups excluding carboxylic acids is 2. The first-order valence-corrected chi connectivity index (χ1v) is 49.9. The first-order chi connectivity index (χ1) is 61.0. The van der Waals surface area contributed by atoms with Gasteiger partial charge in [0.2, 0.25) is 0 Å². The normalized spacial score (nSPS) is 31.4. The third-order valence-electron chi connectivity index (χ3n) is 31.7. The van der Waals surface area contributed by atoms with Crippen LogP contribution in [0.2, 0.25) is 0 Å². The number of ketones is 1. The summed E-state index contributed by atoms with van der Waals surface area (Å²) in [5.74, 6) is 9.94. The van der Waals surface area contributed by atoms with E-state index in [1.165, 1.54) is 92.0 Å². The number of phenols is 1. The van der Waals surface area contributed by atoms with Gasteiger partial charge in [-0.1, -0.05) is 70.5 Å². The molecule has 16 rings (SSSR count). The largest absolute Gasteiger partial charge is 1.00 e. The van der Waals surface area contributed by atoms with Crippen molar-refractivity contribution >= 4 is 30.9 Å². The third-order valence-corrected chi connectivity index (χ3v) is 33.9. The minimum absolute atomic E-state index is 0. The van der Waals surface area contributed by atoms with E-state index in [1.807, 2.05) is 36.4 Å². The zero-order valence-electron chi connectivity index (χ0n) is 82.3. The van der Waals surface area contributed by atoms with Gasteiger partial charge < -0.3 is 92.1 Å². The van der Waals surface area contributed by atoms with Crippen molar-refractivity contribution in [3.05, 3.63) is 117 Å². The number of benzene rings is 4. The first kappa shape index (κ1) is 108. The summed E-state index contributed by atoms with van der Waals surface area (Å²) in [4.78, 5) is 26.5. The number of ether oxygens (including phenoxy) is 14. The number of aromatic hydroxyl groups is 1. The fourth-order valence-corrected chi connectivity index (χ4v) is 27.5. The SMILES string of the molecule is CCN(C(C)C)C(C)C.CCOC(=O)CP(=O)(OCC)OCC.COCCl.COCOc1ccc2c(c1)C(=O)C[C@@H]1[C@@H]2CC[C@]2(C)[C@@H](OCOC)CC[C@@H]12.COCOc1ccc2c(c1)C(O)C[C@@H]1[C@@H]2CC[C@]2(C)[C@@H](OCOC)CC[C@@H]12.COCOc1ccc2c(c1)CC[C@@H]1[C@@H]2CC[C@]2(C)[C@@H](OCOC)CC[C@@H]12.C[C@]12CC[C@@H]3c4ccc(O)cc4CC[C@H]3[C@@H]1CC[C@@H]2O.[H-].[Na+]. The minimum atomic E-state index is -3.28. The molecule has 12 aliphatic carbocycles.